The molecule has 0 spiro atoms. The first-order valence-corrected chi connectivity index (χ1v) is 5.64. The SMILES string of the molecule is CC(CNc1nc(C(F)(F)F)ccc1C#N)N(C)C. The molecule has 1 aromatic heterocycles. The second-order valence-corrected chi connectivity index (χ2v) is 4.40. The van der Waals surface area contributed by atoms with E-state index in [9.17, 15) is 13.2 Å². The number of hydrogen-bond acceptors (Lipinski definition) is 4. The molecule has 1 aromatic rings. The Labute approximate surface area is 109 Å². The van der Waals surface area contributed by atoms with E-state index < -0.39 is 11.9 Å². The van der Waals surface area contributed by atoms with Crippen LogP contribution in [0.2, 0.25) is 0 Å². The minimum absolute atomic E-state index is 0.0361. The smallest absolute Gasteiger partial charge is 0.367 e. The van der Waals surface area contributed by atoms with E-state index in [-0.39, 0.29) is 17.4 Å². The lowest BCUT2D eigenvalue weighted by Crippen LogP contribution is -2.32. The van der Waals surface area contributed by atoms with Gasteiger partial charge < -0.3 is 10.2 Å². The van der Waals surface area contributed by atoms with Crippen molar-refractivity contribution in [2.75, 3.05) is 26.0 Å². The van der Waals surface area contributed by atoms with E-state index in [4.69, 9.17) is 5.26 Å². The zero-order valence-corrected chi connectivity index (χ0v) is 10.9. The first kappa shape index (κ1) is 15.2. The molecule has 1 atom stereocenters. The van der Waals surface area contributed by atoms with Gasteiger partial charge >= 0.3 is 6.18 Å². The van der Waals surface area contributed by atoms with Crippen LogP contribution in [0.15, 0.2) is 12.1 Å². The number of nitriles is 1. The summed E-state index contributed by atoms with van der Waals surface area (Å²) in [5.74, 6) is -0.0361. The molecule has 0 saturated carbocycles. The van der Waals surface area contributed by atoms with Gasteiger partial charge in [0.05, 0.1) is 5.56 Å². The standard InChI is InChI=1S/C12H15F3N4/c1-8(19(2)3)7-17-11-9(6-16)4-5-10(18-11)12(13,14)15/h4-5,8H,7H2,1-3H3,(H,17,18). The highest BCUT2D eigenvalue weighted by Gasteiger charge is 2.33. The molecule has 1 heterocycles. The van der Waals surface area contributed by atoms with Crippen molar-refractivity contribution in [3.05, 3.63) is 23.4 Å². The molecule has 0 aliphatic carbocycles. The van der Waals surface area contributed by atoms with Crippen molar-refractivity contribution in [1.82, 2.24) is 9.88 Å². The van der Waals surface area contributed by atoms with Crippen LogP contribution in [0, 0.1) is 11.3 Å². The van der Waals surface area contributed by atoms with Crippen LogP contribution in [0.5, 0.6) is 0 Å². The lowest BCUT2D eigenvalue weighted by atomic mass is 10.2. The number of halogens is 3. The highest BCUT2D eigenvalue weighted by atomic mass is 19.4. The molecule has 1 N–H and O–H groups in total. The predicted octanol–water partition coefficient (Wildman–Crippen LogP) is 2.33. The van der Waals surface area contributed by atoms with E-state index in [0.717, 1.165) is 12.1 Å². The van der Waals surface area contributed by atoms with Gasteiger partial charge in [-0.15, -0.1) is 0 Å². The molecule has 0 aliphatic rings. The van der Waals surface area contributed by atoms with Gasteiger partial charge in [0.1, 0.15) is 17.6 Å². The van der Waals surface area contributed by atoms with E-state index in [1.165, 1.54) is 0 Å². The van der Waals surface area contributed by atoms with Gasteiger partial charge in [-0.3, -0.25) is 0 Å². The van der Waals surface area contributed by atoms with Crippen molar-refractivity contribution in [1.29, 1.82) is 5.26 Å². The van der Waals surface area contributed by atoms with Crippen LogP contribution >= 0.6 is 0 Å². The number of alkyl halides is 3. The topological polar surface area (TPSA) is 52.0 Å². The number of likely N-dealkylation sites (N-methyl/N-ethyl adjacent to an activating group) is 1. The molecule has 1 unspecified atom stereocenters. The second kappa shape index (κ2) is 5.89. The highest BCUT2D eigenvalue weighted by Crippen LogP contribution is 2.29. The van der Waals surface area contributed by atoms with Gasteiger partial charge in [0.25, 0.3) is 0 Å². The van der Waals surface area contributed by atoms with Gasteiger partial charge in [-0.2, -0.15) is 18.4 Å². The molecule has 0 aliphatic heterocycles. The summed E-state index contributed by atoms with van der Waals surface area (Å²) in [5, 5.41) is 11.6. The van der Waals surface area contributed by atoms with Crippen LogP contribution in [0.4, 0.5) is 19.0 Å². The molecule has 1 rings (SSSR count). The number of nitrogens with one attached hydrogen (secondary N) is 1. The third kappa shape index (κ3) is 4.10. The zero-order valence-electron chi connectivity index (χ0n) is 10.9. The molecule has 0 amide bonds. The Hall–Kier alpha value is -1.81. The van der Waals surface area contributed by atoms with E-state index in [2.05, 4.69) is 10.3 Å². The maximum absolute atomic E-state index is 12.5. The minimum atomic E-state index is -4.52. The summed E-state index contributed by atoms with van der Waals surface area (Å²) < 4.78 is 37.6. The molecule has 0 aromatic carbocycles. The van der Waals surface area contributed by atoms with Crippen molar-refractivity contribution >= 4 is 5.82 Å². The Balaban J connectivity index is 2.95. The number of nitrogens with zero attached hydrogens (tertiary/aromatic N) is 3. The fraction of sp³-hybridized carbons (Fsp3) is 0.500. The third-order valence-corrected chi connectivity index (χ3v) is 2.75. The normalized spacial score (nSPS) is 13.2. The monoisotopic (exact) mass is 272 g/mol. The van der Waals surface area contributed by atoms with Crippen LogP contribution < -0.4 is 5.32 Å². The third-order valence-electron chi connectivity index (χ3n) is 2.75. The first-order valence-electron chi connectivity index (χ1n) is 5.64. The molecule has 0 saturated heterocycles. The van der Waals surface area contributed by atoms with E-state index in [1.807, 2.05) is 32.0 Å². The molecule has 4 nitrogen and oxygen atoms in total. The Kier molecular flexibility index (Phi) is 4.72. The Morgan fingerprint density at radius 3 is 2.53 bits per heavy atom. The maximum atomic E-state index is 12.5. The average molecular weight is 272 g/mol. The van der Waals surface area contributed by atoms with E-state index in [0.29, 0.717) is 6.54 Å². The van der Waals surface area contributed by atoms with Crippen molar-refractivity contribution in [3.63, 3.8) is 0 Å². The zero-order chi connectivity index (χ0) is 14.6. The van der Waals surface area contributed by atoms with Gasteiger partial charge in [-0.25, -0.2) is 4.98 Å². The van der Waals surface area contributed by atoms with Crippen LogP contribution in [0.25, 0.3) is 0 Å². The number of pyridine rings is 1. The molecular formula is C12H15F3N4. The van der Waals surface area contributed by atoms with Gasteiger partial charge in [0.2, 0.25) is 0 Å². The molecule has 0 bridgehead atoms. The molecule has 0 radical (unpaired) electrons. The summed E-state index contributed by atoms with van der Waals surface area (Å²) in [6, 6.07) is 3.85. The molecule has 7 heteroatoms. The fourth-order valence-electron chi connectivity index (χ4n) is 1.27. The molecule has 19 heavy (non-hydrogen) atoms. The Morgan fingerprint density at radius 1 is 1.42 bits per heavy atom. The lowest BCUT2D eigenvalue weighted by Gasteiger charge is -2.20. The molecule has 0 fully saturated rings. The average Bonchev–Trinajstić information content (AvgIpc) is 2.34. The van der Waals surface area contributed by atoms with Crippen molar-refractivity contribution in [2.24, 2.45) is 0 Å². The summed E-state index contributed by atoms with van der Waals surface area (Å²) in [5.41, 5.74) is -0.912. The lowest BCUT2D eigenvalue weighted by molar-refractivity contribution is -0.141. The second-order valence-electron chi connectivity index (χ2n) is 4.40. The van der Waals surface area contributed by atoms with Crippen LogP contribution in [0.3, 0.4) is 0 Å². The summed E-state index contributed by atoms with van der Waals surface area (Å²) in [4.78, 5) is 5.38. The van der Waals surface area contributed by atoms with Crippen molar-refractivity contribution < 1.29 is 13.2 Å². The summed E-state index contributed by atoms with van der Waals surface area (Å²) in [7, 11) is 3.72. The van der Waals surface area contributed by atoms with Gasteiger partial charge in [-0.1, -0.05) is 0 Å². The summed E-state index contributed by atoms with van der Waals surface area (Å²) in [6.45, 7) is 2.31. The van der Waals surface area contributed by atoms with Gasteiger partial charge in [0, 0.05) is 12.6 Å². The van der Waals surface area contributed by atoms with Crippen molar-refractivity contribution in [3.8, 4) is 6.07 Å². The van der Waals surface area contributed by atoms with Crippen molar-refractivity contribution in [2.45, 2.75) is 19.1 Å². The van der Waals surface area contributed by atoms with Crippen LogP contribution in [0.1, 0.15) is 18.2 Å². The van der Waals surface area contributed by atoms with Crippen LogP contribution in [-0.4, -0.2) is 36.6 Å². The minimum Gasteiger partial charge on any atom is -0.367 e. The fourth-order valence-corrected chi connectivity index (χ4v) is 1.27. The summed E-state index contributed by atoms with van der Waals surface area (Å²) >= 11 is 0. The first-order chi connectivity index (χ1) is 8.75. The Morgan fingerprint density at radius 2 is 2.05 bits per heavy atom. The molecule has 104 valence electrons. The number of rotatable bonds is 4. The Bertz CT molecular complexity index is 477. The van der Waals surface area contributed by atoms with Gasteiger partial charge in [0.15, 0.2) is 0 Å². The van der Waals surface area contributed by atoms with Crippen LogP contribution in [-0.2, 0) is 6.18 Å². The highest BCUT2D eigenvalue weighted by molar-refractivity contribution is 5.52. The summed E-state index contributed by atoms with van der Waals surface area (Å²) in [6.07, 6.45) is -4.52. The quantitative estimate of drug-likeness (QED) is 0.914. The van der Waals surface area contributed by atoms with E-state index in [1.54, 1.807) is 0 Å². The number of anilines is 1. The molecular weight excluding hydrogens is 257 g/mol. The van der Waals surface area contributed by atoms with Gasteiger partial charge in [-0.05, 0) is 33.2 Å². The maximum Gasteiger partial charge on any atom is 0.433 e. The number of hydrogen-bond donors (Lipinski definition) is 1. The number of aromatic nitrogens is 1. The largest absolute Gasteiger partial charge is 0.433 e. The predicted molar refractivity (Wildman–Crippen MR) is 65.6 cm³/mol. The van der Waals surface area contributed by atoms with E-state index >= 15 is 0 Å².